The van der Waals surface area contributed by atoms with Crippen LogP contribution in [0.15, 0.2) is 84.9 Å². The summed E-state index contributed by atoms with van der Waals surface area (Å²) in [5.41, 5.74) is 10.3. The van der Waals surface area contributed by atoms with Gasteiger partial charge in [0, 0.05) is 43.1 Å². The van der Waals surface area contributed by atoms with Crippen LogP contribution in [0.25, 0.3) is 22.3 Å². The first-order chi connectivity index (χ1) is 31.2. The Bertz CT molecular complexity index is 2300. The lowest BCUT2D eigenvalue weighted by molar-refractivity contribution is -0.144. The molecule has 0 spiro atoms. The van der Waals surface area contributed by atoms with Crippen molar-refractivity contribution in [2.45, 2.75) is 109 Å². The molecule has 0 aromatic heterocycles. The Morgan fingerprint density at radius 2 is 1.45 bits per heavy atom. The van der Waals surface area contributed by atoms with Gasteiger partial charge in [-0.05, 0) is 110 Å². The third-order valence-corrected chi connectivity index (χ3v) is 11.7. The van der Waals surface area contributed by atoms with Crippen molar-refractivity contribution < 1.29 is 44.1 Å². The number of carboxylic acid groups (broad SMARTS) is 1. The molecule has 0 unspecified atom stereocenters. The molecule has 1 aliphatic rings. The second kappa shape index (κ2) is 23.8. The van der Waals surface area contributed by atoms with Crippen LogP contribution in [0.4, 0.5) is 0 Å². The lowest BCUT2D eigenvalue weighted by atomic mass is 9.93. The predicted octanol–water partition coefficient (Wildman–Crippen LogP) is 5.51. The number of carbonyl (C=O) groups excluding carboxylic acids is 5. The molecule has 0 fully saturated rings. The number of nitrogens with two attached hydrogens (primary N) is 1. The van der Waals surface area contributed by atoms with Crippen molar-refractivity contribution in [2.24, 2.45) is 5.73 Å². The number of fused-ring (bicyclic) bond motifs is 5. The molecule has 0 saturated carbocycles. The van der Waals surface area contributed by atoms with Crippen LogP contribution in [0.2, 0.25) is 0 Å². The average Bonchev–Trinajstić information content (AvgIpc) is 3.29. The Hall–Kier alpha value is -6.74. The molecular formula is C50H62N6O9. The van der Waals surface area contributed by atoms with E-state index >= 15 is 0 Å². The molecule has 0 saturated heterocycles. The second-order valence-electron chi connectivity index (χ2n) is 16.7. The maximum absolute atomic E-state index is 14.4. The zero-order valence-corrected chi connectivity index (χ0v) is 37.4. The fraction of sp³-hybridized carbons (Fsp3) is 0.400. The Morgan fingerprint density at radius 1 is 0.800 bits per heavy atom. The molecule has 4 bridgehead atoms. The van der Waals surface area contributed by atoms with Crippen molar-refractivity contribution in [3.05, 3.63) is 107 Å². The largest absolute Gasteiger partial charge is 0.507 e. The van der Waals surface area contributed by atoms with E-state index in [1.54, 1.807) is 12.1 Å². The normalized spacial score (nSPS) is 16.6. The number of nitrogens with zero attached hydrogens (tertiary/aromatic N) is 1. The number of aliphatic carboxylic acids is 1. The number of rotatable bonds is 19. The van der Waals surface area contributed by atoms with Gasteiger partial charge in [0.25, 0.3) is 5.91 Å². The van der Waals surface area contributed by atoms with Crippen molar-refractivity contribution in [3.63, 3.8) is 0 Å². The highest BCUT2D eigenvalue weighted by Gasteiger charge is 2.36. The van der Waals surface area contributed by atoms with Gasteiger partial charge in [0.05, 0.1) is 0 Å². The molecule has 5 rings (SSSR count). The smallest absolute Gasteiger partial charge is 0.326 e. The summed E-state index contributed by atoms with van der Waals surface area (Å²) in [4.78, 5) is 81.6. The van der Waals surface area contributed by atoms with Crippen LogP contribution in [-0.4, -0.2) is 94.0 Å². The number of hydrogen-bond donors (Lipinski definition) is 8. The predicted molar refractivity (Wildman–Crippen MR) is 248 cm³/mol. The van der Waals surface area contributed by atoms with E-state index in [9.17, 15) is 44.1 Å². The van der Waals surface area contributed by atoms with E-state index in [0.717, 1.165) is 22.4 Å². The van der Waals surface area contributed by atoms with Crippen LogP contribution in [0, 0.1) is 0 Å². The number of nitrogens with one attached hydrogen (secondary N) is 4. The highest BCUT2D eigenvalue weighted by molar-refractivity contribution is 5.97. The van der Waals surface area contributed by atoms with Crippen LogP contribution >= 0.6 is 0 Å². The quantitative estimate of drug-likeness (QED) is 0.0550. The lowest BCUT2D eigenvalue weighted by Crippen LogP contribution is -2.54. The standard InChI is InChI=1S/C50H62N6O9/c1-4-5-6-7-8-11-32-13-16-34(17-14-32)35-18-20-36(21-19-35)47(61)52-27-25-44(59)54-40(12-9-10-26-51)49(63)56(3)45-37-22-24-43(58)39(30-37)38-28-33(15-23-42(38)57)29-41(50(64)65)55-46(60)31(2)53-48(45)62/h13-24,28,30-31,40-41,45,57-58H,4-12,25-27,29,51H2,1-3H3,(H,52,61)(H,53,62)(H,54,59)(H,55,60)(H,64,65)/t31-,40-,41-,45-/m0/s1. The molecule has 346 valence electrons. The number of amides is 5. The van der Waals surface area contributed by atoms with E-state index in [-0.39, 0.29) is 59.9 Å². The van der Waals surface area contributed by atoms with Gasteiger partial charge in [0.15, 0.2) is 0 Å². The molecule has 15 heteroatoms. The molecule has 0 radical (unpaired) electrons. The first-order valence-electron chi connectivity index (χ1n) is 22.4. The summed E-state index contributed by atoms with van der Waals surface area (Å²) >= 11 is 0. The van der Waals surface area contributed by atoms with Gasteiger partial charge >= 0.3 is 5.97 Å². The minimum atomic E-state index is -1.44. The summed E-state index contributed by atoms with van der Waals surface area (Å²) in [7, 11) is 1.37. The fourth-order valence-corrected chi connectivity index (χ4v) is 7.90. The number of aryl methyl sites for hydroxylation is 1. The van der Waals surface area contributed by atoms with Crippen molar-refractivity contribution in [3.8, 4) is 33.8 Å². The van der Waals surface area contributed by atoms with Gasteiger partial charge in [-0.2, -0.15) is 0 Å². The second-order valence-corrected chi connectivity index (χ2v) is 16.7. The number of benzene rings is 4. The van der Waals surface area contributed by atoms with Gasteiger partial charge in [-0.15, -0.1) is 0 Å². The lowest BCUT2D eigenvalue weighted by Gasteiger charge is -2.32. The molecule has 4 aromatic carbocycles. The number of phenols is 2. The Kier molecular flexibility index (Phi) is 18.0. The minimum Gasteiger partial charge on any atom is -0.507 e. The zero-order valence-electron chi connectivity index (χ0n) is 37.4. The molecule has 65 heavy (non-hydrogen) atoms. The number of phenolic OH excluding ortho intramolecular Hbond substituents is 2. The summed E-state index contributed by atoms with van der Waals surface area (Å²) in [6.07, 6.45) is 8.06. The first kappa shape index (κ1) is 49.3. The van der Waals surface area contributed by atoms with E-state index in [0.29, 0.717) is 30.5 Å². The van der Waals surface area contributed by atoms with E-state index in [2.05, 4.69) is 52.5 Å². The fourth-order valence-electron chi connectivity index (χ4n) is 7.90. The molecule has 5 amide bonds. The molecule has 4 aromatic rings. The zero-order chi connectivity index (χ0) is 47.0. The Labute approximate surface area is 380 Å². The molecule has 4 atom stereocenters. The number of likely N-dealkylation sites (N-methyl/N-ethyl adjacent to an activating group) is 1. The van der Waals surface area contributed by atoms with Gasteiger partial charge in [-0.3, -0.25) is 24.0 Å². The summed E-state index contributed by atoms with van der Waals surface area (Å²) in [6.45, 7) is 3.89. The maximum Gasteiger partial charge on any atom is 0.326 e. The Balaban J connectivity index is 1.28. The van der Waals surface area contributed by atoms with Crippen LogP contribution in [-0.2, 0) is 36.8 Å². The molecule has 15 nitrogen and oxygen atoms in total. The van der Waals surface area contributed by atoms with Crippen LogP contribution in [0.1, 0.15) is 105 Å². The van der Waals surface area contributed by atoms with Gasteiger partial charge in [0.1, 0.15) is 35.7 Å². The highest BCUT2D eigenvalue weighted by atomic mass is 16.4. The van der Waals surface area contributed by atoms with E-state index in [1.165, 1.54) is 88.0 Å². The number of unbranched alkanes of at least 4 members (excludes halogenated alkanes) is 5. The van der Waals surface area contributed by atoms with E-state index < -0.39 is 53.8 Å². The average molecular weight is 891 g/mol. The molecular weight excluding hydrogens is 829 g/mol. The van der Waals surface area contributed by atoms with Gasteiger partial charge in [-0.25, -0.2) is 4.79 Å². The van der Waals surface area contributed by atoms with Gasteiger partial charge < -0.3 is 47.2 Å². The van der Waals surface area contributed by atoms with Crippen LogP contribution in [0.5, 0.6) is 11.5 Å². The molecule has 9 N–H and O–H groups in total. The molecule has 1 aliphatic heterocycles. The number of carboxylic acids is 1. The van der Waals surface area contributed by atoms with Crippen molar-refractivity contribution in [2.75, 3.05) is 20.1 Å². The summed E-state index contributed by atoms with van der Waals surface area (Å²) < 4.78 is 0. The van der Waals surface area contributed by atoms with Gasteiger partial charge in [0.2, 0.25) is 23.6 Å². The maximum atomic E-state index is 14.4. The van der Waals surface area contributed by atoms with Crippen molar-refractivity contribution in [1.29, 1.82) is 0 Å². The highest BCUT2D eigenvalue weighted by Crippen LogP contribution is 2.39. The summed E-state index contributed by atoms with van der Waals surface area (Å²) in [6, 6.07) is 18.9. The topological polar surface area (TPSA) is 240 Å². The third kappa shape index (κ3) is 13.6. The Morgan fingerprint density at radius 3 is 2.11 bits per heavy atom. The van der Waals surface area contributed by atoms with Gasteiger partial charge in [-0.1, -0.05) is 81.1 Å². The van der Waals surface area contributed by atoms with Crippen molar-refractivity contribution >= 4 is 35.5 Å². The van der Waals surface area contributed by atoms with Crippen LogP contribution in [0.3, 0.4) is 0 Å². The number of carbonyl (C=O) groups is 6. The van der Waals surface area contributed by atoms with E-state index in [4.69, 9.17) is 5.73 Å². The SMILES string of the molecule is CCCCCCCc1ccc(-c2ccc(C(=O)NCCC(=O)N[C@@H](CCCCN)C(=O)N(C)[C@@H]3C(=O)N[C@@H](C)C(=O)N[C@H](C(=O)O)Cc4ccc(O)c(c4)-c4cc3ccc4O)cc2)cc1. The minimum absolute atomic E-state index is 0.0239. The number of aromatic hydroxyl groups is 2. The molecule has 0 aliphatic carbocycles. The summed E-state index contributed by atoms with van der Waals surface area (Å²) in [5.74, 6) is -5.00. The monoisotopic (exact) mass is 890 g/mol. The van der Waals surface area contributed by atoms with Crippen molar-refractivity contribution in [1.82, 2.24) is 26.2 Å². The first-order valence-corrected chi connectivity index (χ1v) is 22.4. The van der Waals surface area contributed by atoms with Crippen LogP contribution < -0.4 is 27.0 Å². The van der Waals surface area contributed by atoms with E-state index in [1.807, 2.05) is 12.1 Å². The molecule has 1 heterocycles. The third-order valence-electron chi connectivity index (χ3n) is 11.7. The summed E-state index contributed by atoms with van der Waals surface area (Å²) in [5, 5.41) is 42.3. The number of hydrogen-bond acceptors (Lipinski definition) is 9.